The standard InChI is InChI=1S/C24H22Cl3N3O3/c1-2-18-5-3-4-10-29(18)22(31)14-6-8-17(9-7-14)28-21-20(27)23(32)30(24(21)33)19-12-15(25)11-16(26)13-19/h6-9,11-13,18,28H,2-5,10H2,1H3. The summed E-state index contributed by atoms with van der Waals surface area (Å²) in [5.74, 6) is -1.30. The van der Waals surface area contributed by atoms with Gasteiger partial charge in [0.1, 0.15) is 10.7 Å². The van der Waals surface area contributed by atoms with Crippen LogP contribution in [-0.4, -0.2) is 35.2 Å². The zero-order valence-electron chi connectivity index (χ0n) is 17.9. The van der Waals surface area contributed by atoms with E-state index in [9.17, 15) is 14.4 Å². The van der Waals surface area contributed by atoms with Crippen molar-refractivity contribution in [3.8, 4) is 0 Å². The minimum absolute atomic E-state index is 0.00137. The van der Waals surface area contributed by atoms with Crippen molar-refractivity contribution >= 4 is 63.9 Å². The first-order valence-electron chi connectivity index (χ1n) is 10.7. The Morgan fingerprint density at radius 3 is 2.30 bits per heavy atom. The van der Waals surface area contributed by atoms with E-state index in [1.165, 1.54) is 18.2 Å². The highest BCUT2D eigenvalue weighted by atomic mass is 35.5. The van der Waals surface area contributed by atoms with Crippen molar-refractivity contribution in [2.45, 2.75) is 38.6 Å². The molecule has 0 radical (unpaired) electrons. The molecule has 33 heavy (non-hydrogen) atoms. The Balaban J connectivity index is 1.51. The minimum Gasteiger partial charge on any atom is -0.350 e. The van der Waals surface area contributed by atoms with E-state index in [1.807, 2.05) is 4.90 Å². The van der Waals surface area contributed by atoms with Crippen LogP contribution in [0.4, 0.5) is 11.4 Å². The van der Waals surface area contributed by atoms with Crippen molar-refractivity contribution in [3.63, 3.8) is 0 Å². The summed E-state index contributed by atoms with van der Waals surface area (Å²) in [7, 11) is 0. The Hall–Kier alpha value is -2.54. The number of amides is 3. The van der Waals surface area contributed by atoms with Gasteiger partial charge in [-0.3, -0.25) is 14.4 Å². The molecule has 4 rings (SSSR count). The normalized spacial score (nSPS) is 18.8. The summed E-state index contributed by atoms with van der Waals surface area (Å²) in [6.07, 6.45) is 4.12. The zero-order valence-corrected chi connectivity index (χ0v) is 20.2. The predicted molar refractivity (Wildman–Crippen MR) is 131 cm³/mol. The molecule has 0 aliphatic carbocycles. The number of benzene rings is 2. The maximum Gasteiger partial charge on any atom is 0.283 e. The van der Waals surface area contributed by atoms with Crippen molar-refractivity contribution in [2.24, 2.45) is 0 Å². The van der Waals surface area contributed by atoms with E-state index >= 15 is 0 Å². The summed E-state index contributed by atoms with van der Waals surface area (Å²) in [5, 5.41) is 3.24. The third-order valence-corrected chi connectivity index (χ3v) is 6.68. The van der Waals surface area contributed by atoms with Crippen LogP contribution in [0.1, 0.15) is 43.0 Å². The molecule has 3 amide bonds. The second-order valence-corrected chi connectivity index (χ2v) is 9.27. The van der Waals surface area contributed by atoms with Gasteiger partial charge in [-0.1, -0.05) is 41.7 Å². The van der Waals surface area contributed by atoms with Crippen molar-refractivity contribution in [1.29, 1.82) is 0 Å². The van der Waals surface area contributed by atoms with E-state index in [0.717, 1.165) is 37.1 Å². The van der Waals surface area contributed by atoms with Crippen LogP contribution in [0.25, 0.3) is 0 Å². The zero-order chi connectivity index (χ0) is 23.7. The number of anilines is 2. The summed E-state index contributed by atoms with van der Waals surface area (Å²) in [6.45, 7) is 2.86. The molecule has 1 N–H and O–H groups in total. The average Bonchev–Trinajstić information content (AvgIpc) is 3.01. The number of piperidine rings is 1. The first-order chi connectivity index (χ1) is 15.8. The van der Waals surface area contributed by atoms with Gasteiger partial charge in [0.25, 0.3) is 17.7 Å². The Morgan fingerprint density at radius 1 is 1.00 bits per heavy atom. The van der Waals surface area contributed by atoms with Crippen molar-refractivity contribution in [2.75, 3.05) is 16.8 Å². The summed E-state index contributed by atoms with van der Waals surface area (Å²) >= 11 is 18.2. The largest absolute Gasteiger partial charge is 0.350 e. The highest BCUT2D eigenvalue weighted by Gasteiger charge is 2.39. The van der Waals surface area contributed by atoms with Gasteiger partial charge in [0, 0.05) is 33.9 Å². The minimum atomic E-state index is -0.676. The van der Waals surface area contributed by atoms with Gasteiger partial charge in [-0.15, -0.1) is 0 Å². The Bertz CT molecular complexity index is 1130. The molecule has 2 aromatic carbocycles. The van der Waals surface area contributed by atoms with Crippen LogP contribution < -0.4 is 10.2 Å². The van der Waals surface area contributed by atoms with Gasteiger partial charge >= 0.3 is 0 Å². The molecule has 9 heteroatoms. The van der Waals surface area contributed by atoms with Crippen LogP contribution in [0.15, 0.2) is 53.2 Å². The number of nitrogens with one attached hydrogen (secondary N) is 1. The van der Waals surface area contributed by atoms with Crippen molar-refractivity contribution < 1.29 is 14.4 Å². The highest BCUT2D eigenvalue weighted by Crippen LogP contribution is 2.33. The molecule has 2 aromatic rings. The van der Waals surface area contributed by atoms with E-state index in [4.69, 9.17) is 34.8 Å². The molecule has 6 nitrogen and oxygen atoms in total. The number of halogens is 3. The highest BCUT2D eigenvalue weighted by molar-refractivity contribution is 6.53. The quantitative estimate of drug-likeness (QED) is 0.518. The fourth-order valence-corrected chi connectivity index (χ4v) is 4.94. The second-order valence-electron chi connectivity index (χ2n) is 8.02. The summed E-state index contributed by atoms with van der Waals surface area (Å²) in [5.41, 5.74) is 1.27. The van der Waals surface area contributed by atoms with Gasteiger partial charge in [0.15, 0.2) is 0 Å². The maximum absolute atomic E-state index is 13.0. The lowest BCUT2D eigenvalue weighted by Crippen LogP contribution is -2.43. The molecule has 1 atom stereocenters. The molecule has 0 saturated carbocycles. The van der Waals surface area contributed by atoms with Crippen LogP contribution in [0.3, 0.4) is 0 Å². The lowest BCUT2D eigenvalue weighted by Gasteiger charge is -2.35. The molecule has 0 aromatic heterocycles. The van der Waals surface area contributed by atoms with Gasteiger partial charge < -0.3 is 10.2 Å². The lowest BCUT2D eigenvalue weighted by atomic mass is 9.99. The van der Waals surface area contributed by atoms with Crippen LogP contribution in [0, 0.1) is 0 Å². The predicted octanol–water partition coefficient (Wildman–Crippen LogP) is 5.83. The van der Waals surface area contributed by atoms with Gasteiger partial charge in [0.2, 0.25) is 0 Å². The molecular formula is C24H22Cl3N3O3. The van der Waals surface area contributed by atoms with Crippen LogP contribution in [0.5, 0.6) is 0 Å². The van der Waals surface area contributed by atoms with E-state index < -0.39 is 11.8 Å². The van der Waals surface area contributed by atoms with E-state index in [2.05, 4.69) is 12.2 Å². The average molecular weight is 507 g/mol. The number of rotatable bonds is 5. The molecule has 2 aliphatic heterocycles. The van der Waals surface area contributed by atoms with Crippen molar-refractivity contribution in [3.05, 3.63) is 68.8 Å². The Kier molecular flexibility index (Phi) is 6.98. The number of imide groups is 1. The molecule has 1 fully saturated rings. The Morgan fingerprint density at radius 2 is 1.67 bits per heavy atom. The number of carbonyl (C=O) groups is 3. The van der Waals surface area contributed by atoms with E-state index in [0.29, 0.717) is 11.3 Å². The molecule has 0 spiro atoms. The van der Waals surface area contributed by atoms with Gasteiger partial charge in [-0.05, 0) is 68.1 Å². The monoisotopic (exact) mass is 505 g/mol. The lowest BCUT2D eigenvalue weighted by molar-refractivity contribution is -0.120. The third-order valence-electron chi connectivity index (χ3n) is 5.89. The van der Waals surface area contributed by atoms with Gasteiger partial charge in [0.05, 0.1) is 5.69 Å². The molecule has 1 saturated heterocycles. The van der Waals surface area contributed by atoms with Gasteiger partial charge in [-0.2, -0.15) is 0 Å². The summed E-state index contributed by atoms with van der Waals surface area (Å²) in [6, 6.07) is 11.5. The maximum atomic E-state index is 13.0. The fraction of sp³-hybridized carbons (Fsp3) is 0.292. The summed E-state index contributed by atoms with van der Waals surface area (Å²) in [4.78, 5) is 41.5. The number of nitrogens with zero attached hydrogens (tertiary/aromatic N) is 2. The van der Waals surface area contributed by atoms with E-state index in [1.54, 1.807) is 24.3 Å². The molecule has 2 heterocycles. The first kappa shape index (κ1) is 23.6. The number of likely N-dealkylation sites (tertiary alicyclic amines) is 1. The van der Waals surface area contributed by atoms with Crippen molar-refractivity contribution in [1.82, 2.24) is 4.90 Å². The molecule has 0 bridgehead atoms. The third kappa shape index (κ3) is 4.74. The molecule has 1 unspecified atom stereocenters. The molecule has 172 valence electrons. The smallest absolute Gasteiger partial charge is 0.283 e. The topological polar surface area (TPSA) is 69.7 Å². The Labute approximate surface area is 207 Å². The molecular weight excluding hydrogens is 485 g/mol. The van der Waals surface area contributed by atoms with Crippen LogP contribution in [-0.2, 0) is 9.59 Å². The van der Waals surface area contributed by atoms with Gasteiger partial charge in [-0.25, -0.2) is 4.90 Å². The summed E-state index contributed by atoms with van der Waals surface area (Å²) < 4.78 is 0. The fourth-order valence-electron chi connectivity index (χ4n) is 4.21. The van der Waals surface area contributed by atoms with Crippen LogP contribution >= 0.6 is 34.8 Å². The number of carbonyl (C=O) groups excluding carboxylic acids is 3. The molecule has 2 aliphatic rings. The van der Waals surface area contributed by atoms with E-state index in [-0.39, 0.29) is 38.4 Å². The number of hydrogen-bond donors (Lipinski definition) is 1. The van der Waals surface area contributed by atoms with Crippen LogP contribution in [0.2, 0.25) is 10.0 Å². The number of hydrogen-bond acceptors (Lipinski definition) is 4. The second kappa shape index (κ2) is 9.75. The first-order valence-corrected chi connectivity index (χ1v) is 11.9. The SMILES string of the molecule is CCC1CCCCN1C(=O)c1ccc(NC2=C(Cl)C(=O)N(c3cc(Cl)cc(Cl)c3)C2=O)cc1.